The molecule has 0 aromatic heterocycles. The highest BCUT2D eigenvalue weighted by molar-refractivity contribution is 6.23. The molecule has 3 heterocycles. The van der Waals surface area contributed by atoms with Crippen molar-refractivity contribution in [3.63, 3.8) is 0 Å². The van der Waals surface area contributed by atoms with Gasteiger partial charge in [0.2, 0.25) is 0 Å². The normalized spacial score (nSPS) is 24.9. The number of likely N-dealkylation sites (N-methyl/N-ethyl adjacent to an activating group) is 2. The molecule has 2 saturated heterocycles. The number of aliphatic imine (C=N–C) groups is 1. The zero-order chi connectivity index (χ0) is 18.0. The van der Waals surface area contributed by atoms with Crippen LogP contribution in [0, 0.1) is 0 Å². The minimum absolute atomic E-state index is 0.185. The van der Waals surface area contributed by atoms with Crippen LogP contribution in [0.3, 0.4) is 0 Å². The Balaban J connectivity index is 1.87. The summed E-state index contributed by atoms with van der Waals surface area (Å²) in [7, 11) is 3.24. The van der Waals surface area contributed by atoms with Crippen LogP contribution in [0.25, 0.3) is 0 Å². The van der Waals surface area contributed by atoms with Crippen LogP contribution in [-0.4, -0.2) is 102 Å². The first-order valence-electron chi connectivity index (χ1n) is 9.11. The number of urea groups is 1. The van der Waals surface area contributed by atoms with Crippen molar-refractivity contribution in [2.45, 2.75) is 32.2 Å². The van der Waals surface area contributed by atoms with E-state index < -0.39 is 6.04 Å². The lowest BCUT2D eigenvalue weighted by Crippen LogP contribution is -2.61. The smallest absolute Gasteiger partial charge is 0.333 e. The van der Waals surface area contributed by atoms with Gasteiger partial charge < -0.3 is 4.74 Å². The number of imide groups is 1. The van der Waals surface area contributed by atoms with E-state index in [4.69, 9.17) is 9.73 Å². The molecule has 0 spiro atoms. The van der Waals surface area contributed by atoms with E-state index in [1.165, 1.54) is 9.80 Å². The fourth-order valence-corrected chi connectivity index (χ4v) is 3.52. The molecule has 0 bridgehead atoms. The number of ether oxygens (including phenoxy) is 1. The maximum atomic E-state index is 12.8. The van der Waals surface area contributed by atoms with E-state index in [0.29, 0.717) is 12.4 Å². The highest BCUT2D eigenvalue weighted by Gasteiger charge is 2.52. The number of amidine groups is 2. The number of unbranched alkanes of at least 4 members (excludes halogenated alkanes) is 2. The Bertz CT molecular complexity index is 609. The van der Waals surface area contributed by atoms with Crippen molar-refractivity contribution in [2.75, 3.05) is 53.5 Å². The van der Waals surface area contributed by atoms with Crippen LogP contribution in [0.2, 0.25) is 0 Å². The number of carbonyl (C=O) groups is 2. The van der Waals surface area contributed by atoms with Gasteiger partial charge in [0.1, 0.15) is 6.54 Å². The molecule has 0 radical (unpaired) electrons. The largest absolute Gasteiger partial charge is 0.379 e. The fraction of sp³-hybridized carbons (Fsp3) is 0.765. The molecule has 3 aliphatic rings. The second-order valence-electron chi connectivity index (χ2n) is 6.82. The van der Waals surface area contributed by atoms with Crippen LogP contribution in [0.1, 0.15) is 26.2 Å². The molecule has 3 amide bonds. The van der Waals surface area contributed by atoms with Gasteiger partial charge in [-0.2, -0.15) is 0 Å². The molecule has 0 aromatic carbocycles. The third-order valence-electron chi connectivity index (χ3n) is 5.08. The molecular formula is C17H28N5O3+. The second kappa shape index (κ2) is 7.61. The quantitative estimate of drug-likeness (QED) is 0.508. The second-order valence-corrected chi connectivity index (χ2v) is 6.82. The van der Waals surface area contributed by atoms with Gasteiger partial charge in [0, 0.05) is 27.2 Å². The van der Waals surface area contributed by atoms with Crippen molar-refractivity contribution in [1.82, 2.24) is 14.7 Å². The van der Waals surface area contributed by atoms with Crippen LogP contribution in [0.4, 0.5) is 4.79 Å². The van der Waals surface area contributed by atoms with E-state index in [2.05, 4.69) is 16.4 Å². The van der Waals surface area contributed by atoms with Gasteiger partial charge in [-0.05, 0) is 17.8 Å². The molecule has 1 atom stereocenters. The van der Waals surface area contributed by atoms with E-state index in [-0.39, 0.29) is 11.9 Å². The van der Waals surface area contributed by atoms with Gasteiger partial charge >= 0.3 is 11.9 Å². The number of morpholine rings is 1. The van der Waals surface area contributed by atoms with Crippen molar-refractivity contribution < 1.29 is 18.9 Å². The third-order valence-corrected chi connectivity index (χ3v) is 5.08. The molecule has 0 saturated carbocycles. The Kier molecular flexibility index (Phi) is 5.48. The number of amides is 3. The maximum Gasteiger partial charge on any atom is 0.333 e. The van der Waals surface area contributed by atoms with Crippen LogP contribution in [0.5, 0.6) is 0 Å². The number of nitrogens with zero attached hydrogens (tertiary/aromatic N) is 5. The summed E-state index contributed by atoms with van der Waals surface area (Å²) in [6.45, 7) is 6.82. The molecule has 1 unspecified atom stereocenters. The third kappa shape index (κ3) is 3.46. The first-order valence-corrected chi connectivity index (χ1v) is 9.11. The molecular weight excluding hydrogens is 322 g/mol. The highest BCUT2D eigenvalue weighted by atomic mass is 16.5. The predicted molar refractivity (Wildman–Crippen MR) is 94.1 cm³/mol. The summed E-state index contributed by atoms with van der Waals surface area (Å²) in [4.78, 5) is 34.7. The molecule has 2 fully saturated rings. The van der Waals surface area contributed by atoms with E-state index in [0.717, 1.165) is 57.9 Å². The molecule has 0 N–H and O–H groups in total. The Morgan fingerprint density at radius 3 is 2.56 bits per heavy atom. The lowest BCUT2D eigenvalue weighted by atomic mass is 10.1. The molecule has 0 aliphatic carbocycles. The predicted octanol–water partition coefficient (Wildman–Crippen LogP) is 0.224. The Morgan fingerprint density at radius 2 is 1.88 bits per heavy atom. The Hall–Kier alpha value is -1.80. The summed E-state index contributed by atoms with van der Waals surface area (Å²) >= 11 is 0. The van der Waals surface area contributed by atoms with Gasteiger partial charge in [-0.1, -0.05) is 13.3 Å². The molecule has 25 heavy (non-hydrogen) atoms. The minimum Gasteiger partial charge on any atom is -0.379 e. The highest BCUT2D eigenvalue weighted by Crippen LogP contribution is 2.20. The van der Waals surface area contributed by atoms with Crippen molar-refractivity contribution in [1.29, 1.82) is 0 Å². The summed E-state index contributed by atoms with van der Waals surface area (Å²) in [5.41, 5.74) is 0. The van der Waals surface area contributed by atoms with E-state index in [1.54, 1.807) is 14.1 Å². The summed E-state index contributed by atoms with van der Waals surface area (Å²) in [6, 6.07) is -0.790. The van der Waals surface area contributed by atoms with Crippen LogP contribution in [0.15, 0.2) is 4.99 Å². The molecule has 138 valence electrons. The van der Waals surface area contributed by atoms with Gasteiger partial charge in [-0.25, -0.2) is 9.37 Å². The average Bonchev–Trinajstić information content (AvgIpc) is 2.98. The summed E-state index contributed by atoms with van der Waals surface area (Å²) in [6.07, 6.45) is 3.25. The van der Waals surface area contributed by atoms with E-state index in [9.17, 15) is 9.59 Å². The lowest BCUT2D eigenvalue weighted by Gasteiger charge is -2.30. The lowest BCUT2D eigenvalue weighted by molar-refractivity contribution is -0.537. The number of hydrogen-bond donors (Lipinski definition) is 0. The zero-order valence-electron chi connectivity index (χ0n) is 15.4. The SMILES string of the molecule is CCCCC[N+]1=C(CN2CCOCC2)N=C2C1C(=O)N(C)C(=O)N2C. The Labute approximate surface area is 148 Å². The number of rotatable bonds is 6. The maximum absolute atomic E-state index is 12.8. The van der Waals surface area contributed by atoms with E-state index in [1.807, 2.05) is 0 Å². The minimum atomic E-state index is -0.472. The van der Waals surface area contributed by atoms with Crippen molar-refractivity contribution in [3.8, 4) is 0 Å². The van der Waals surface area contributed by atoms with Gasteiger partial charge in [-0.15, -0.1) is 0 Å². The monoisotopic (exact) mass is 350 g/mol. The van der Waals surface area contributed by atoms with Crippen molar-refractivity contribution in [2.24, 2.45) is 4.99 Å². The summed E-state index contributed by atoms with van der Waals surface area (Å²) in [5, 5.41) is 0. The van der Waals surface area contributed by atoms with Crippen molar-refractivity contribution in [3.05, 3.63) is 0 Å². The molecule has 8 heteroatoms. The zero-order valence-corrected chi connectivity index (χ0v) is 15.4. The van der Waals surface area contributed by atoms with Gasteiger partial charge in [-0.3, -0.25) is 19.5 Å². The Morgan fingerprint density at radius 1 is 1.16 bits per heavy atom. The fourth-order valence-electron chi connectivity index (χ4n) is 3.52. The average molecular weight is 350 g/mol. The topological polar surface area (TPSA) is 68.5 Å². The van der Waals surface area contributed by atoms with Gasteiger partial charge in [0.25, 0.3) is 17.8 Å². The standard InChI is InChI=1S/C17H28N5O3/c1-4-5-6-7-22-13(12-21-8-10-25-11-9-21)18-15-14(22)16(23)20(3)17(24)19(15)2/h14H,4-12H2,1-3H3/q+1. The van der Waals surface area contributed by atoms with Crippen molar-refractivity contribution >= 4 is 23.6 Å². The molecule has 8 nitrogen and oxygen atoms in total. The number of fused-ring (bicyclic) bond motifs is 1. The molecule has 0 aromatic rings. The number of hydrogen-bond acceptors (Lipinski definition) is 5. The first-order chi connectivity index (χ1) is 12.0. The summed E-state index contributed by atoms with van der Waals surface area (Å²) < 4.78 is 7.51. The van der Waals surface area contributed by atoms with E-state index >= 15 is 0 Å². The number of carbonyl (C=O) groups excluding carboxylic acids is 2. The van der Waals surface area contributed by atoms with Gasteiger partial charge in [0.05, 0.1) is 19.8 Å². The van der Waals surface area contributed by atoms with Gasteiger partial charge in [0.15, 0.2) is 0 Å². The first kappa shape index (κ1) is 18.0. The summed E-state index contributed by atoms with van der Waals surface area (Å²) in [5.74, 6) is 1.27. The van der Waals surface area contributed by atoms with Crippen LogP contribution in [-0.2, 0) is 9.53 Å². The molecule has 3 rings (SSSR count). The van der Waals surface area contributed by atoms with Crippen LogP contribution < -0.4 is 0 Å². The van der Waals surface area contributed by atoms with Crippen LogP contribution >= 0.6 is 0 Å². The molecule has 3 aliphatic heterocycles.